The van der Waals surface area contributed by atoms with Crippen LogP contribution < -0.4 is 0 Å². The number of benzene rings is 2. The minimum atomic E-state index is -3.41. The van der Waals surface area contributed by atoms with Crippen molar-refractivity contribution in [1.82, 2.24) is 4.90 Å². The molecule has 1 aliphatic heterocycles. The predicted octanol–water partition coefficient (Wildman–Crippen LogP) is 4.06. The minimum absolute atomic E-state index is 0.0250. The van der Waals surface area contributed by atoms with Crippen molar-refractivity contribution in [3.63, 3.8) is 0 Å². The first kappa shape index (κ1) is 19.6. The summed E-state index contributed by atoms with van der Waals surface area (Å²) < 4.78 is 25.4. The average molecular weight is 386 g/mol. The van der Waals surface area contributed by atoms with Gasteiger partial charge in [-0.1, -0.05) is 51.1 Å². The second kappa shape index (κ2) is 7.47. The predicted molar refractivity (Wildman–Crippen MR) is 108 cm³/mol. The van der Waals surface area contributed by atoms with Crippen LogP contribution in [0.15, 0.2) is 59.5 Å². The van der Waals surface area contributed by atoms with E-state index in [0.29, 0.717) is 17.0 Å². The normalized spacial score (nSPS) is 17.9. The number of carbonyl (C=O) groups excluding carboxylic acids is 1. The van der Waals surface area contributed by atoms with Gasteiger partial charge in [0.15, 0.2) is 9.84 Å². The summed E-state index contributed by atoms with van der Waals surface area (Å²) in [5, 5.41) is 0. The minimum Gasteiger partial charge on any atom is -0.335 e. The van der Waals surface area contributed by atoms with Crippen molar-refractivity contribution in [3.05, 3.63) is 65.7 Å². The highest BCUT2D eigenvalue weighted by molar-refractivity contribution is 7.91. The highest BCUT2D eigenvalue weighted by atomic mass is 32.2. The van der Waals surface area contributed by atoms with E-state index in [1.807, 2.05) is 24.3 Å². The fourth-order valence-corrected chi connectivity index (χ4v) is 5.15. The number of hydrogen-bond donors (Lipinski definition) is 0. The number of carbonyl (C=O) groups is 1. The second-order valence-corrected chi connectivity index (χ2v) is 10.3. The number of hydrogen-bond acceptors (Lipinski definition) is 3. The Balaban J connectivity index is 1.77. The highest BCUT2D eigenvalue weighted by Crippen LogP contribution is 2.26. The molecule has 0 aliphatic carbocycles. The molecular formula is C22H27NO3S. The largest absolute Gasteiger partial charge is 0.335 e. The van der Waals surface area contributed by atoms with Gasteiger partial charge in [0.1, 0.15) is 0 Å². The zero-order valence-corrected chi connectivity index (χ0v) is 17.0. The van der Waals surface area contributed by atoms with Crippen LogP contribution in [0.4, 0.5) is 0 Å². The van der Waals surface area contributed by atoms with Crippen LogP contribution in [0.5, 0.6) is 0 Å². The molecule has 0 bridgehead atoms. The first-order chi connectivity index (χ1) is 12.7. The van der Waals surface area contributed by atoms with Crippen molar-refractivity contribution >= 4 is 15.7 Å². The molecule has 3 rings (SSSR count). The van der Waals surface area contributed by atoms with Crippen molar-refractivity contribution < 1.29 is 13.2 Å². The first-order valence-corrected chi connectivity index (χ1v) is 11.0. The maximum absolute atomic E-state index is 13.0. The molecule has 2 aromatic rings. The van der Waals surface area contributed by atoms with E-state index in [1.54, 1.807) is 35.2 Å². The first-order valence-electron chi connectivity index (χ1n) is 9.38. The molecule has 1 fully saturated rings. The zero-order valence-electron chi connectivity index (χ0n) is 16.2. The molecule has 1 atom stereocenters. The van der Waals surface area contributed by atoms with E-state index < -0.39 is 9.84 Å². The molecular weight excluding hydrogens is 358 g/mol. The molecule has 1 saturated heterocycles. The maximum atomic E-state index is 13.0. The quantitative estimate of drug-likeness (QED) is 0.797. The van der Waals surface area contributed by atoms with Crippen LogP contribution in [0.1, 0.15) is 49.5 Å². The molecule has 27 heavy (non-hydrogen) atoms. The molecule has 2 aromatic carbocycles. The molecule has 1 unspecified atom stereocenters. The van der Waals surface area contributed by atoms with Gasteiger partial charge in [-0.2, -0.15) is 0 Å². The average Bonchev–Trinajstić information content (AvgIpc) is 3.08. The Morgan fingerprint density at radius 3 is 2.26 bits per heavy atom. The lowest BCUT2D eigenvalue weighted by Crippen LogP contribution is -2.39. The smallest absolute Gasteiger partial charge is 0.254 e. The van der Waals surface area contributed by atoms with Gasteiger partial charge in [0, 0.05) is 18.2 Å². The van der Waals surface area contributed by atoms with Gasteiger partial charge in [0.2, 0.25) is 0 Å². The van der Waals surface area contributed by atoms with Gasteiger partial charge in [-0.25, -0.2) is 8.42 Å². The fraction of sp³-hybridized carbons (Fsp3) is 0.409. The standard InChI is InChI=1S/C22H27NO3S/c1-22(2,3)18-13-11-17(12-14-18)21(24)23-15-7-8-19(23)16-27(25,26)20-9-5-4-6-10-20/h4-6,9-14,19H,7-8,15-16H2,1-3H3. The number of amides is 1. The lowest BCUT2D eigenvalue weighted by atomic mass is 9.86. The van der Waals surface area contributed by atoms with Crippen molar-refractivity contribution in [3.8, 4) is 0 Å². The van der Waals surface area contributed by atoms with Gasteiger partial charge in [0.25, 0.3) is 5.91 Å². The summed E-state index contributed by atoms with van der Waals surface area (Å²) in [7, 11) is -3.41. The van der Waals surface area contributed by atoms with Crippen LogP contribution in [-0.4, -0.2) is 37.6 Å². The lowest BCUT2D eigenvalue weighted by molar-refractivity contribution is 0.0749. The highest BCUT2D eigenvalue weighted by Gasteiger charge is 2.33. The lowest BCUT2D eigenvalue weighted by Gasteiger charge is -2.25. The molecule has 144 valence electrons. The Hall–Kier alpha value is -2.14. The molecule has 5 heteroatoms. The second-order valence-electron chi connectivity index (χ2n) is 8.22. The third-order valence-electron chi connectivity index (χ3n) is 5.15. The van der Waals surface area contributed by atoms with E-state index in [2.05, 4.69) is 20.8 Å². The molecule has 1 heterocycles. The molecule has 0 spiro atoms. The summed E-state index contributed by atoms with van der Waals surface area (Å²) in [4.78, 5) is 15.0. The van der Waals surface area contributed by atoms with Crippen LogP contribution in [0, 0.1) is 0 Å². The maximum Gasteiger partial charge on any atom is 0.254 e. The molecule has 1 amide bonds. The summed E-state index contributed by atoms with van der Waals surface area (Å²) in [6.07, 6.45) is 1.55. The summed E-state index contributed by atoms with van der Waals surface area (Å²) in [6.45, 7) is 7.01. The Morgan fingerprint density at radius 1 is 1.04 bits per heavy atom. The van der Waals surface area contributed by atoms with E-state index in [-0.39, 0.29) is 23.1 Å². The van der Waals surface area contributed by atoms with Crippen molar-refractivity contribution in [2.75, 3.05) is 12.3 Å². The third-order valence-corrected chi connectivity index (χ3v) is 6.96. The van der Waals surface area contributed by atoms with Crippen molar-refractivity contribution in [2.45, 2.75) is 50.0 Å². The van der Waals surface area contributed by atoms with E-state index >= 15 is 0 Å². The van der Waals surface area contributed by atoms with E-state index in [4.69, 9.17) is 0 Å². The Labute approximate surface area is 162 Å². The molecule has 0 aromatic heterocycles. The number of sulfone groups is 1. The molecule has 0 saturated carbocycles. The van der Waals surface area contributed by atoms with Crippen molar-refractivity contribution in [1.29, 1.82) is 0 Å². The number of rotatable bonds is 4. The van der Waals surface area contributed by atoms with Gasteiger partial charge in [0.05, 0.1) is 10.6 Å². The summed E-state index contributed by atoms with van der Waals surface area (Å²) >= 11 is 0. The van der Waals surface area contributed by atoms with E-state index in [0.717, 1.165) is 12.8 Å². The monoisotopic (exact) mass is 385 g/mol. The molecule has 4 nitrogen and oxygen atoms in total. The topological polar surface area (TPSA) is 54.5 Å². The summed E-state index contributed by atoms with van der Waals surface area (Å²) in [5.41, 5.74) is 1.82. The van der Waals surface area contributed by atoms with E-state index in [1.165, 1.54) is 5.56 Å². The molecule has 1 aliphatic rings. The molecule has 0 N–H and O–H groups in total. The fourth-order valence-electron chi connectivity index (χ4n) is 3.53. The Kier molecular flexibility index (Phi) is 5.43. The van der Waals surface area contributed by atoms with Crippen LogP contribution in [0.3, 0.4) is 0 Å². The van der Waals surface area contributed by atoms with Gasteiger partial charge in [-0.15, -0.1) is 0 Å². The molecule has 0 radical (unpaired) electrons. The number of nitrogens with zero attached hydrogens (tertiary/aromatic N) is 1. The SMILES string of the molecule is CC(C)(C)c1ccc(C(=O)N2CCCC2CS(=O)(=O)c2ccccc2)cc1. The van der Waals surface area contributed by atoms with Crippen molar-refractivity contribution in [2.24, 2.45) is 0 Å². The van der Waals surface area contributed by atoms with Gasteiger partial charge < -0.3 is 4.90 Å². The summed E-state index contributed by atoms with van der Waals surface area (Å²) in [6, 6.07) is 15.9. The van der Waals surface area contributed by atoms with Gasteiger partial charge in [-0.05, 0) is 48.1 Å². The van der Waals surface area contributed by atoms with E-state index in [9.17, 15) is 13.2 Å². The third kappa shape index (κ3) is 4.41. The van der Waals surface area contributed by atoms with Gasteiger partial charge >= 0.3 is 0 Å². The number of likely N-dealkylation sites (tertiary alicyclic amines) is 1. The van der Waals surface area contributed by atoms with Crippen LogP contribution in [0.2, 0.25) is 0 Å². The van der Waals surface area contributed by atoms with Gasteiger partial charge in [-0.3, -0.25) is 4.79 Å². The van der Waals surface area contributed by atoms with Crippen LogP contribution in [0.25, 0.3) is 0 Å². The Morgan fingerprint density at radius 2 is 1.67 bits per heavy atom. The zero-order chi connectivity index (χ0) is 19.7. The summed E-state index contributed by atoms with van der Waals surface area (Å²) in [5.74, 6) is -0.107. The van der Waals surface area contributed by atoms with Crippen LogP contribution >= 0.6 is 0 Å². The Bertz CT molecular complexity index is 897. The van der Waals surface area contributed by atoms with Crippen LogP contribution in [-0.2, 0) is 15.3 Å².